The Morgan fingerprint density at radius 1 is 1.21 bits per heavy atom. The van der Waals surface area contributed by atoms with Crippen molar-refractivity contribution in [1.29, 1.82) is 0 Å². The summed E-state index contributed by atoms with van der Waals surface area (Å²) in [7, 11) is 1.77. The largest absolute Gasteiger partial charge is 0.475 e. The first-order valence-corrected chi connectivity index (χ1v) is 13.0. The Morgan fingerprint density at radius 3 is 2.74 bits per heavy atom. The number of carbonyl (C=O) groups excluding carboxylic acids is 1. The molecule has 2 aromatic rings. The van der Waals surface area contributed by atoms with Gasteiger partial charge >= 0.3 is 0 Å². The zero-order valence-corrected chi connectivity index (χ0v) is 21.0. The van der Waals surface area contributed by atoms with Crippen LogP contribution in [0.1, 0.15) is 69.3 Å². The molecule has 4 rings (SSSR count). The highest BCUT2D eigenvalue weighted by Crippen LogP contribution is 2.28. The van der Waals surface area contributed by atoms with Crippen LogP contribution in [0.15, 0.2) is 18.3 Å². The minimum atomic E-state index is 0.0550. The molecule has 2 aliphatic rings. The van der Waals surface area contributed by atoms with Crippen LogP contribution in [0.3, 0.4) is 0 Å². The summed E-state index contributed by atoms with van der Waals surface area (Å²) in [5.74, 6) is 1.58. The third-order valence-corrected chi connectivity index (χ3v) is 7.36. The molecule has 1 fully saturated rings. The maximum atomic E-state index is 12.3. The van der Waals surface area contributed by atoms with Gasteiger partial charge in [0.25, 0.3) is 0 Å². The van der Waals surface area contributed by atoms with Crippen molar-refractivity contribution in [3.05, 3.63) is 35.3 Å². The normalized spacial score (nSPS) is 22.0. The number of ether oxygens (including phenoxy) is 1. The summed E-state index contributed by atoms with van der Waals surface area (Å²) in [6.07, 6.45) is 11.0. The molecule has 2 aromatic heterocycles. The molecule has 8 heteroatoms. The molecular weight excluding hydrogens is 428 g/mol. The number of aryl methyl sites for hydroxylation is 1. The van der Waals surface area contributed by atoms with E-state index >= 15 is 0 Å². The van der Waals surface area contributed by atoms with Crippen molar-refractivity contribution in [1.82, 2.24) is 30.2 Å². The smallest absolute Gasteiger partial charge is 0.226 e. The Bertz CT molecular complexity index is 937. The number of nitrogens with one attached hydrogen (secondary N) is 1. The van der Waals surface area contributed by atoms with Crippen LogP contribution in [0.4, 0.5) is 0 Å². The topological polar surface area (TPSA) is 85.2 Å². The molecule has 0 bridgehead atoms. The van der Waals surface area contributed by atoms with Crippen molar-refractivity contribution in [2.24, 2.45) is 13.0 Å². The van der Waals surface area contributed by atoms with Gasteiger partial charge in [0.2, 0.25) is 11.8 Å². The predicted molar refractivity (Wildman–Crippen MR) is 132 cm³/mol. The Kier molecular flexibility index (Phi) is 8.53. The Morgan fingerprint density at radius 2 is 2.00 bits per heavy atom. The lowest BCUT2D eigenvalue weighted by atomic mass is 9.84. The summed E-state index contributed by atoms with van der Waals surface area (Å²) in [5, 5.41) is 11.4. The van der Waals surface area contributed by atoms with Crippen molar-refractivity contribution >= 4 is 5.91 Å². The summed E-state index contributed by atoms with van der Waals surface area (Å²) in [4.78, 5) is 21.2. The molecule has 3 heterocycles. The average Bonchev–Trinajstić information content (AvgIpc) is 3.12. The third-order valence-electron chi connectivity index (χ3n) is 7.36. The Balaban J connectivity index is 1.16. The van der Waals surface area contributed by atoms with Crippen LogP contribution in [0.25, 0.3) is 0 Å². The number of nitrogens with zero attached hydrogens (tertiary/aromatic N) is 5. The van der Waals surface area contributed by atoms with Crippen LogP contribution in [0.5, 0.6) is 5.88 Å². The van der Waals surface area contributed by atoms with E-state index < -0.39 is 0 Å². The molecule has 1 aliphatic heterocycles. The molecule has 1 saturated carbocycles. The van der Waals surface area contributed by atoms with Gasteiger partial charge in [0.15, 0.2) is 0 Å². The number of carbonyl (C=O) groups is 1. The molecule has 0 spiro atoms. The van der Waals surface area contributed by atoms with Crippen LogP contribution in [0.2, 0.25) is 0 Å². The number of pyridine rings is 1. The van der Waals surface area contributed by atoms with Gasteiger partial charge in [-0.1, -0.05) is 13.0 Å². The predicted octanol–water partition coefficient (Wildman–Crippen LogP) is 3.10. The minimum absolute atomic E-state index is 0.0550. The molecule has 186 valence electrons. The fourth-order valence-electron chi connectivity index (χ4n) is 5.06. The van der Waals surface area contributed by atoms with E-state index in [4.69, 9.17) is 9.72 Å². The lowest BCUT2D eigenvalue weighted by molar-refractivity contribution is -0.121. The maximum absolute atomic E-state index is 12.3. The average molecular weight is 469 g/mol. The number of hydrogen-bond acceptors (Lipinski definition) is 6. The number of amides is 1. The van der Waals surface area contributed by atoms with Crippen molar-refractivity contribution in [3.63, 3.8) is 0 Å². The molecule has 1 aliphatic carbocycles. The molecular formula is C26H40N6O2. The van der Waals surface area contributed by atoms with E-state index in [0.29, 0.717) is 12.5 Å². The molecule has 1 atom stereocenters. The zero-order valence-electron chi connectivity index (χ0n) is 21.0. The first-order chi connectivity index (χ1) is 16.5. The van der Waals surface area contributed by atoms with E-state index in [-0.39, 0.29) is 12.0 Å². The van der Waals surface area contributed by atoms with Gasteiger partial charge in [-0.2, -0.15) is 15.0 Å². The summed E-state index contributed by atoms with van der Waals surface area (Å²) < 4.78 is 5.93. The summed E-state index contributed by atoms with van der Waals surface area (Å²) in [6, 6.07) is 4.54. The van der Waals surface area contributed by atoms with Crippen LogP contribution in [0, 0.1) is 5.92 Å². The van der Waals surface area contributed by atoms with Crippen LogP contribution < -0.4 is 10.1 Å². The van der Waals surface area contributed by atoms with E-state index in [9.17, 15) is 4.79 Å². The van der Waals surface area contributed by atoms with Gasteiger partial charge in [0, 0.05) is 44.4 Å². The number of hydrogen-bond donors (Lipinski definition) is 1. The van der Waals surface area contributed by atoms with Gasteiger partial charge in [-0.3, -0.25) is 4.79 Å². The fourth-order valence-corrected chi connectivity index (χ4v) is 5.06. The second-order valence-corrected chi connectivity index (χ2v) is 10.0. The van der Waals surface area contributed by atoms with Crippen molar-refractivity contribution in [2.45, 2.75) is 83.8 Å². The maximum Gasteiger partial charge on any atom is 0.226 e. The summed E-state index contributed by atoms with van der Waals surface area (Å²) in [5.41, 5.74) is 3.31. The first-order valence-electron chi connectivity index (χ1n) is 13.0. The van der Waals surface area contributed by atoms with E-state index in [1.807, 2.05) is 6.07 Å². The standard InChI is InChI=1S/C26H40N6O2/c1-4-19(2)34-26-10-7-21-12-15-32(16-13-24(21)29-26)14-11-20-5-8-22(9-6-20)28-25(33)17-23-18-27-31(3)30-23/h7,10,18-20,22H,4-6,8-9,11-17H2,1-3H3,(H,28,33)/t19-,20-,22-/m1/s1. The molecule has 8 nitrogen and oxygen atoms in total. The Labute approximate surface area is 203 Å². The third kappa shape index (κ3) is 7.01. The van der Waals surface area contributed by atoms with Crippen molar-refractivity contribution in [2.75, 3.05) is 19.6 Å². The molecule has 0 aromatic carbocycles. The quantitative estimate of drug-likeness (QED) is 0.609. The van der Waals surface area contributed by atoms with E-state index in [2.05, 4.69) is 40.3 Å². The fraction of sp³-hybridized carbons (Fsp3) is 0.692. The molecule has 0 unspecified atom stereocenters. The number of fused-ring (bicyclic) bond motifs is 1. The summed E-state index contributed by atoms with van der Waals surface area (Å²) >= 11 is 0. The summed E-state index contributed by atoms with van der Waals surface area (Å²) in [6.45, 7) is 7.56. The lowest BCUT2D eigenvalue weighted by Gasteiger charge is -2.30. The molecule has 34 heavy (non-hydrogen) atoms. The Hall–Kier alpha value is -2.48. The van der Waals surface area contributed by atoms with Crippen LogP contribution in [-0.2, 0) is 31.1 Å². The second kappa shape index (κ2) is 11.8. The van der Waals surface area contributed by atoms with Crippen molar-refractivity contribution < 1.29 is 9.53 Å². The zero-order chi connectivity index (χ0) is 23.9. The lowest BCUT2D eigenvalue weighted by Crippen LogP contribution is -2.39. The highest BCUT2D eigenvalue weighted by Gasteiger charge is 2.24. The molecule has 1 amide bonds. The van der Waals surface area contributed by atoms with Gasteiger partial charge in [-0.25, -0.2) is 4.98 Å². The molecule has 0 saturated heterocycles. The monoisotopic (exact) mass is 468 g/mol. The van der Waals surface area contributed by atoms with Gasteiger partial charge in [0.05, 0.1) is 24.4 Å². The van der Waals surface area contributed by atoms with Crippen molar-refractivity contribution in [3.8, 4) is 5.88 Å². The molecule has 1 N–H and O–H groups in total. The van der Waals surface area contributed by atoms with Gasteiger partial charge in [0.1, 0.15) is 0 Å². The highest BCUT2D eigenvalue weighted by atomic mass is 16.5. The van der Waals surface area contributed by atoms with Gasteiger partial charge in [-0.15, -0.1) is 0 Å². The number of rotatable bonds is 9. The van der Waals surface area contributed by atoms with Gasteiger partial charge in [-0.05, 0) is 69.9 Å². The van der Waals surface area contributed by atoms with Gasteiger partial charge < -0.3 is 15.0 Å². The van der Waals surface area contributed by atoms with E-state index in [1.165, 1.54) is 35.3 Å². The van der Waals surface area contributed by atoms with E-state index in [1.54, 1.807) is 13.2 Å². The molecule has 0 radical (unpaired) electrons. The second-order valence-electron chi connectivity index (χ2n) is 10.0. The van der Waals surface area contributed by atoms with E-state index in [0.717, 1.165) is 69.2 Å². The SMILES string of the molecule is CC[C@@H](C)Oc1ccc2c(n1)CCN(CC[C@H]1CC[C@H](NC(=O)Cc3cnn(C)n3)CC1)CC2. The number of aromatic nitrogens is 4. The first kappa shape index (κ1) is 24.6. The minimum Gasteiger partial charge on any atom is -0.475 e. The highest BCUT2D eigenvalue weighted by molar-refractivity contribution is 5.78. The van der Waals surface area contributed by atoms with Crippen LogP contribution in [-0.4, -0.2) is 62.6 Å². The van der Waals surface area contributed by atoms with Crippen LogP contribution >= 0.6 is 0 Å².